The fourth-order valence-electron chi connectivity index (χ4n) is 2.60. The smallest absolute Gasteiger partial charge is 0.318 e. The summed E-state index contributed by atoms with van der Waals surface area (Å²) in [6.45, 7) is 4.08. The van der Waals surface area contributed by atoms with E-state index in [1.165, 1.54) is 12.3 Å². The van der Waals surface area contributed by atoms with Crippen molar-refractivity contribution in [2.45, 2.75) is 44.8 Å². The van der Waals surface area contributed by atoms with E-state index < -0.39 is 33.1 Å². The lowest BCUT2D eigenvalue weighted by Gasteiger charge is -2.22. The summed E-state index contributed by atoms with van der Waals surface area (Å²) in [7, 11) is -1.64. The Balaban J connectivity index is 1.91. The summed E-state index contributed by atoms with van der Waals surface area (Å²) in [5, 5.41) is 8.23. The molecule has 5 unspecified atom stereocenters. The van der Waals surface area contributed by atoms with Gasteiger partial charge < -0.3 is 29.2 Å². The summed E-state index contributed by atoms with van der Waals surface area (Å²) in [6.07, 6.45) is 1.64. The Morgan fingerprint density at radius 3 is 2.84 bits per heavy atom. The van der Waals surface area contributed by atoms with Crippen molar-refractivity contribution in [2.24, 2.45) is 4.99 Å². The van der Waals surface area contributed by atoms with Gasteiger partial charge >= 0.3 is 8.53 Å². The van der Waals surface area contributed by atoms with Gasteiger partial charge in [-0.05, 0) is 32.1 Å². The van der Waals surface area contributed by atoms with Crippen LogP contribution < -0.4 is 20.2 Å². The van der Waals surface area contributed by atoms with E-state index in [1.807, 2.05) is 25.1 Å². The van der Waals surface area contributed by atoms with Gasteiger partial charge in [-0.3, -0.25) is 9.79 Å². The van der Waals surface area contributed by atoms with Crippen molar-refractivity contribution in [1.29, 1.82) is 0 Å². The Hall–Kier alpha value is -2.39. The van der Waals surface area contributed by atoms with E-state index in [2.05, 4.69) is 20.7 Å². The molecule has 1 aliphatic rings. The molecule has 0 radical (unpaired) electrons. The maximum absolute atomic E-state index is 14.5. The molecule has 1 aromatic carbocycles. The van der Waals surface area contributed by atoms with Crippen molar-refractivity contribution in [2.75, 3.05) is 13.2 Å². The summed E-state index contributed by atoms with van der Waals surface area (Å²) in [5.41, 5.74) is 0. The average molecular weight is 454 g/mol. The predicted octanol–water partition coefficient (Wildman–Crippen LogP) is 2.21. The fourth-order valence-corrected chi connectivity index (χ4v) is 3.79. The van der Waals surface area contributed by atoms with E-state index in [1.54, 1.807) is 19.1 Å². The second kappa shape index (κ2) is 13.8. The SMILES string of the molecule is CCN=C(/C=C\NC=O)NC1OC(COP(NC(C)C=O)Oc2ccccc2)CC1F. The number of carbonyl (C=O) groups is 2. The molecule has 1 fully saturated rings. The number of amidine groups is 1. The highest BCUT2D eigenvalue weighted by atomic mass is 31.2. The maximum Gasteiger partial charge on any atom is 0.318 e. The van der Waals surface area contributed by atoms with Crippen LogP contribution in [0.5, 0.6) is 5.75 Å². The van der Waals surface area contributed by atoms with Gasteiger partial charge in [0.05, 0.1) is 18.8 Å². The van der Waals surface area contributed by atoms with Crippen LogP contribution in [0.25, 0.3) is 0 Å². The van der Waals surface area contributed by atoms with Crippen LogP contribution >= 0.6 is 8.53 Å². The van der Waals surface area contributed by atoms with Crippen molar-refractivity contribution in [3.8, 4) is 5.75 Å². The predicted molar refractivity (Wildman–Crippen MR) is 116 cm³/mol. The molecule has 11 heteroatoms. The normalized spacial score (nSPS) is 23.3. The van der Waals surface area contributed by atoms with Crippen LogP contribution in [-0.2, 0) is 18.8 Å². The minimum absolute atomic E-state index is 0.0819. The number of benzene rings is 1. The molecule has 170 valence electrons. The topological polar surface area (TPSA) is 110 Å². The Morgan fingerprint density at radius 2 is 2.16 bits per heavy atom. The van der Waals surface area contributed by atoms with E-state index in [0.29, 0.717) is 24.5 Å². The zero-order valence-corrected chi connectivity index (χ0v) is 18.3. The molecule has 9 nitrogen and oxygen atoms in total. The maximum atomic E-state index is 14.5. The number of aliphatic imine (C=N–C) groups is 1. The molecule has 31 heavy (non-hydrogen) atoms. The molecule has 1 aromatic rings. The van der Waals surface area contributed by atoms with Crippen LogP contribution in [0, 0.1) is 0 Å². The van der Waals surface area contributed by atoms with Gasteiger partial charge in [-0.1, -0.05) is 18.2 Å². The lowest BCUT2D eigenvalue weighted by atomic mass is 10.2. The van der Waals surface area contributed by atoms with E-state index in [4.69, 9.17) is 13.8 Å². The number of halogens is 1. The Bertz CT molecular complexity index is 740. The summed E-state index contributed by atoms with van der Waals surface area (Å²) in [5.74, 6) is 0.979. The van der Waals surface area contributed by atoms with Crippen molar-refractivity contribution >= 4 is 27.1 Å². The quantitative estimate of drug-likeness (QED) is 0.181. The monoisotopic (exact) mass is 454 g/mol. The first-order valence-corrected chi connectivity index (χ1v) is 11.1. The highest BCUT2D eigenvalue weighted by Gasteiger charge is 2.36. The van der Waals surface area contributed by atoms with Gasteiger partial charge in [-0.25, -0.2) is 9.48 Å². The van der Waals surface area contributed by atoms with E-state index in [-0.39, 0.29) is 13.0 Å². The van der Waals surface area contributed by atoms with Gasteiger partial charge in [0.15, 0.2) is 6.23 Å². The first kappa shape index (κ1) is 24.9. The molecule has 1 amide bonds. The molecule has 0 aliphatic carbocycles. The Morgan fingerprint density at radius 1 is 1.39 bits per heavy atom. The van der Waals surface area contributed by atoms with Crippen molar-refractivity contribution in [3.63, 3.8) is 0 Å². The van der Waals surface area contributed by atoms with Gasteiger partial charge in [0.25, 0.3) is 0 Å². The number of nitrogens with zero attached hydrogens (tertiary/aromatic N) is 1. The third-order valence-electron chi connectivity index (χ3n) is 4.00. The molecule has 0 saturated carbocycles. The van der Waals surface area contributed by atoms with Gasteiger partial charge in [-0.15, -0.1) is 0 Å². The molecule has 1 saturated heterocycles. The third kappa shape index (κ3) is 9.10. The summed E-state index contributed by atoms with van der Waals surface area (Å²) in [6, 6.07) is 8.59. The highest BCUT2D eigenvalue weighted by Crippen LogP contribution is 2.37. The standard InChI is InChI=1S/C20H28FN4O5P/c1-3-23-19(9-10-22-14-27)24-20-18(21)11-17(29-20)13-28-31(25-15(2)12-26)30-16-7-5-4-6-8-16/h4-10,12,14-15,17-18,20,25H,3,11,13H2,1-2H3,(H,22,27)(H,23,24)/b10-9-. The first-order valence-electron chi connectivity index (χ1n) is 9.90. The molecular formula is C20H28FN4O5P. The van der Waals surface area contributed by atoms with Gasteiger partial charge in [0.1, 0.15) is 24.0 Å². The van der Waals surface area contributed by atoms with E-state index in [0.717, 1.165) is 6.29 Å². The molecule has 2 rings (SSSR count). The van der Waals surface area contributed by atoms with Crippen molar-refractivity contribution in [1.82, 2.24) is 15.7 Å². The Kier molecular flexibility index (Phi) is 11.1. The van der Waals surface area contributed by atoms with Crippen LogP contribution in [0.3, 0.4) is 0 Å². The minimum Gasteiger partial charge on any atom is -0.436 e. The molecule has 0 aromatic heterocycles. The van der Waals surface area contributed by atoms with Crippen LogP contribution in [0.2, 0.25) is 0 Å². The summed E-state index contributed by atoms with van der Waals surface area (Å²) >= 11 is 0. The van der Waals surface area contributed by atoms with Crippen LogP contribution in [0.4, 0.5) is 4.39 Å². The fraction of sp³-hybridized carbons (Fsp3) is 0.450. The van der Waals surface area contributed by atoms with Crippen LogP contribution in [0.15, 0.2) is 47.6 Å². The molecule has 1 heterocycles. The number of aldehydes is 1. The molecule has 5 atom stereocenters. The second-order valence-electron chi connectivity index (χ2n) is 6.56. The third-order valence-corrected chi connectivity index (χ3v) is 5.38. The molecule has 1 aliphatic heterocycles. The number of ether oxygens (including phenoxy) is 1. The minimum atomic E-state index is -1.64. The zero-order valence-electron chi connectivity index (χ0n) is 17.4. The number of carbonyl (C=O) groups excluding carboxylic acids is 2. The molecule has 0 spiro atoms. The molecule has 3 N–H and O–H groups in total. The number of para-hydroxylation sites is 1. The first-order chi connectivity index (χ1) is 15.0. The van der Waals surface area contributed by atoms with E-state index >= 15 is 0 Å². The van der Waals surface area contributed by atoms with Gasteiger partial charge in [0, 0.05) is 19.2 Å². The number of hydrogen-bond donors (Lipinski definition) is 3. The number of rotatable bonds is 13. The van der Waals surface area contributed by atoms with Gasteiger partial charge in [0.2, 0.25) is 6.41 Å². The van der Waals surface area contributed by atoms with Crippen molar-refractivity contribution in [3.05, 3.63) is 42.6 Å². The average Bonchev–Trinajstić information content (AvgIpc) is 3.12. The largest absolute Gasteiger partial charge is 0.436 e. The molecule has 0 bridgehead atoms. The lowest BCUT2D eigenvalue weighted by Crippen LogP contribution is -2.39. The summed E-state index contributed by atoms with van der Waals surface area (Å²) < 4.78 is 31.8. The number of hydrogen-bond acceptors (Lipinski definition) is 7. The zero-order chi connectivity index (χ0) is 22.5. The van der Waals surface area contributed by atoms with Crippen LogP contribution in [0.1, 0.15) is 20.3 Å². The molecular weight excluding hydrogens is 426 g/mol. The highest BCUT2D eigenvalue weighted by molar-refractivity contribution is 7.45. The van der Waals surface area contributed by atoms with Crippen LogP contribution in [-0.4, -0.2) is 56.2 Å². The second-order valence-corrected chi connectivity index (χ2v) is 7.78. The van der Waals surface area contributed by atoms with E-state index in [9.17, 15) is 14.0 Å². The number of amides is 1. The van der Waals surface area contributed by atoms with Crippen molar-refractivity contribution < 1.29 is 27.8 Å². The number of alkyl halides is 1. The number of nitrogens with one attached hydrogen (secondary N) is 3. The Labute approximate surface area is 182 Å². The van der Waals surface area contributed by atoms with Gasteiger partial charge in [-0.2, -0.15) is 0 Å². The lowest BCUT2D eigenvalue weighted by molar-refractivity contribution is -0.109. The summed E-state index contributed by atoms with van der Waals surface area (Å²) in [4.78, 5) is 25.6.